The summed E-state index contributed by atoms with van der Waals surface area (Å²) >= 11 is 3.53. The number of halogens is 1. The summed E-state index contributed by atoms with van der Waals surface area (Å²) in [5, 5.41) is 4.73. The van der Waals surface area contributed by atoms with E-state index in [0.29, 0.717) is 17.2 Å². The number of aryl methyl sites for hydroxylation is 1. The average Bonchev–Trinajstić information content (AvgIpc) is 3.04. The van der Waals surface area contributed by atoms with Gasteiger partial charge in [-0.3, -0.25) is 14.5 Å². The molecule has 3 aromatic carbocycles. The molecule has 0 aromatic heterocycles. The van der Waals surface area contributed by atoms with E-state index >= 15 is 0 Å². The SMILES string of the molecule is COc1ccc2cc(Br)ccc2c1CN1C(=O)[C@@H](NC(=O)[C@H](C)N(C)C(=O)OC(C)(C)C)COc2c(C)cccc21. The molecule has 218 valence electrons. The third-order valence-electron chi connectivity index (χ3n) is 6.99. The van der Waals surface area contributed by atoms with Gasteiger partial charge in [-0.2, -0.15) is 0 Å². The molecule has 1 N–H and O–H groups in total. The zero-order chi connectivity index (χ0) is 30.1. The van der Waals surface area contributed by atoms with E-state index in [1.165, 1.54) is 11.9 Å². The lowest BCUT2D eigenvalue weighted by Gasteiger charge is -2.30. The normalized spacial score (nSPS) is 15.9. The highest BCUT2D eigenvalue weighted by Gasteiger charge is 2.36. The zero-order valence-corrected chi connectivity index (χ0v) is 26.0. The molecule has 1 aliphatic rings. The van der Waals surface area contributed by atoms with E-state index in [2.05, 4.69) is 21.2 Å². The van der Waals surface area contributed by atoms with E-state index in [1.807, 2.05) is 55.5 Å². The van der Waals surface area contributed by atoms with E-state index in [-0.39, 0.29) is 19.1 Å². The zero-order valence-electron chi connectivity index (χ0n) is 24.4. The Kier molecular flexibility index (Phi) is 8.82. The van der Waals surface area contributed by atoms with Crippen molar-refractivity contribution in [2.24, 2.45) is 0 Å². The van der Waals surface area contributed by atoms with Crippen molar-refractivity contribution in [1.82, 2.24) is 10.2 Å². The lowest BCUT2D eigenvalue weighted by atomic mass is 10.0. The summed E-state index contributed by atoms with van der Waals surface area (Å²) in [5.41, 5.74) is 1.57. The van der Waals surface area contributed by atoms with E-state index in [9.17, 15) is 14.4 Å². The Hall–Kier alpha value is -3.79. The molecule has 41 heavy (non-hydrogen) atoms. The molecule has 0 radical (unpaired) electrons. The number of para-hydroxylation sites is 1. The third kappa shape index (κ3) is 6.59. The highest BCUT2D eigenvalue weighted by molar-refractivity contribution is 9.10. The predicted molar refractivity (Wildman–Crippen MR) is 161 cm³/mol. The highest BCUT2D eigenvalue weighted by atomic mass is 79.9. The van der Waals surface area contributed by atoms with E-state index < -0.39 is 29.7 Å². The van der Waals surface area contributed by atoms with Crippen molar-refractivity contribution >= 4 is 50.3 Å². The predicted octanol–water partition coefficient (Wildman–Crippen LogP) is 5.59. The molecule has 1 heterocycles. The topological polar surface area (TPSA) is 97.4 Å². The van der Waals surface area contributed by atoms with Crippen LogP contribution in [0.3, 0.4) is 0 Å². The van der Waals surface area contributed by atoms with Gasteiger partial charge in [0.25, 0.3) is 5.91 Å². The third-order valence-corrected chi connectivity index (χ3v) is 7.48. The van der Waals surface area contributed by atoms with Crippen LogP contribution in [0.2, 0.25) is 0 Å². The Balaban J connectivity index is 1.68. The van der Waals surface area contributed by atoms with Crippen LogP contribution >= 0.6 is 15.9 Å². The molecular weight excluding hydrogens is 590 g/mol. The first-order valence-electron chi connectivity index (χ1n) is 13.4. The number of carbonyl (C=O) groups excluding carboxylic acids is 3. The molecule has 9 nitrogen and oxygen atoms in total. The summed E-state index contributed by atoms with van der Waals surface area (Å²) in [5.74, 6) is 0.361. The molecule has 0 saturated heterocycles. The first kappa shape index (κ1) is 30.2. The fourth-order valence-corrected chi connectivity index (χ4v) is 5.05. The minimum Gasteiger partial charge on any atom is -0.496 e. The second-order valence-electron chi connectivity index (χ2n) is 11.1. The molecule has 0 aliphatic carbocycles. The molecule has 10 heteroatoms. The molecule has 3 aromatic rings. The summed E-state index contributed by atoms with van der Waals surface area (Å²) in [7, 11) is 3.08. The fraction of sp³-hybridized carbons (Fsp3) is 0.387. The molecule has 4 rings (SSSR count). The van der Waals surface area contributed by atoms with Gasteiger partial charge in [-0.1, -0.05) is 40.2 Å². The van der Waals surface area contributed by atoms with Crippen LogP contribution in [0, 0.1) is 6.92 Å². The summed E-state index contributed by atoms with van der Waals surface area (Å²) in [4.78, 5) is 42.8. The maximum absolute atomic E-state index is 14.1. The number of amides is 3. The summed E-state index contributed by atoms with van der Waals surface area (Å²) in [6, 6.07) is 13.5. The van der Waals surface area contributed by atoms with E-state index in [0.717, 1.165) is 26.4 Å². The number of nitrogens with zero attached hydrogens (tertiary/aromatic N) is 2. The lowest BCUT2D eigenvalue weighted by Crippen LogP contribution is -2.55. The van der Waals surface area contributed by atoms with Crippen molar-refractivity contribution in [3.8, 4) is 11.5 Å². The van der Waals surface area contributed by atoms with Gasteiger partial charge < -0.3 is 24.4 Å². The van der Waals surface area contributed by atoms with Crippen LogP contribution in [0.25, 0.3) is 10.8 Å². The largest absolute Gasteiger partial charge is 0.496 e. The number of nitrogens with one attached hydrogen (secondary N) is 1. The highest BCUT2D eigenvalue weighted by Crippen LogP contribution is 2.38. The first-order valence-corrected chi connectivity index (χ1v) is 14.1. The maximum atomic E-state index is 14.1. The number of hydrogen-bond acceptors (Lipinski definition) is 6. The van der Waals surface area contributed by atoms with E-state index in [4.69, 9.17) is 14.2 Å². The van der Waals surface area contributed by atoms with Crippen LogP contribution in [0.4, 0.5) is 10.5 Å². The van der Waals surface area contributed by atoms with Crippen molar-refractivity contribution < 1.29 is 28.6 Å². The summed E-state index contributed by atoms with van der Waals surface area (Å²) < 4.78 is 18.2. The van der Waals surface area contributed by atoms with Crippen molar-refractivity contribution in [3.63, 3.8) is 0 Å². The van der Waals surface area contributed by atoms with Crippen LogP contribution in [0.1, 0.15) is 38.8 Å². The van der Waals surface area contributed by atoms with Crippen LogP contribution in [0.15, 0.2) is 53.0 Å². The van der Waals surface area contributed by atoms with Gasteiger partial charge in [-0.25, -0.2) is 4.79 Å². The van der Waals surface area contributed by atoms with Gasteiger partial charge in [0.05, 0.1) is 19.3 Å². The molecule has 2 atom stereocenters. The molecule has 3 amide bonds. The summed E-state index contributed by atoms with van der Waals surface area (Å²) in [6.45, 7) is 8.86. The second-order valence-corrected chi connectivity index (χ2v) is 12.0. The summed E-state index contributed by atoms with van der Waals surface area (Å²) in [6.07, 6.45) is -0.636. The molecule has 0 saturated carbocycles. The number of methoxy groups -OCH3 is 1. The van der Waals surface area contributed by atoms with Crippen LogP contribution in [-0.2, 0) is 20.9 Å². The Morgan fingerprint density at radius 3 is 2.61 bits per heavy atom. The molecule has 1 aliphatic heterocycles. The number of ether oxygens (including phenoxy) is 3. The number of carbonyl (C=O) groups is 3. The first-order chi connectivity index (χ1) is 19.3. The fourth-order valence-electron chi connectivity index (χ4n) is 4.67. The molecule has 0 unspecified atom stereocenters. The van der Waals surface area contributed by atoms with Gasteiger partial charge in [0, 0.05) is 17.1 Å². The van der Waals surface area contributed by atoms with Gasteiger partial charge in [-0.05, 0) is 75.2 Å². The van der Waals surface area contributed by atoms with Crippen molar-refractivity contribution in [2.45, 2.75) is 58.8 Å². The number of likely N-dealkylation sites (N-methyl/N-ethyl adjacent to an activating group) is 1. The Labute approximate surface area is 248 Å². The number of anilines is 1. The molecular formula is C31H36BrN3O6. The quantitative estimate of drug-likeness (QED) is 0.384. The van der Waals surface area contributed by atoms with Crippen LogP contribution in [0.5, 0.6) is 11.5 Å². The minimum atomic E-state index is -1.00. The Morgan fingerprint density at radius 2 is 1.93 bits per heavy atom. The standard InChI is InChI=1S/C31H36BrN3O6/c1-18-9-8-10-25-27(18)40-17-24(33-28(36)19(2)34(6)30(38)41-31(3,4)5)29(37)35(25)16-23-22-13-12-21(32)15-20(22)11-14-26(23)39-7/h8-15,19,24H,16-17H2,1-7H3,(H,33,36)/t19-,24-/m0/s1. The average molecular weight is 627 g/mol. The number of fused-ring (bicyclic) bond motifs is 2. The number of hydrogen-bond donors (Lipinski definition) is 1. The van der Waals surface area contributed by atoms with Gasteiger partial charge in [0.1, 0.15) is 35.8 Å². The Bertz CT molecular complexity index is 1480. The van der Waals surface area contributed by atoms with Gasteiger partial charge in [0.2, 0.25) is 5.91 Å². The van der Waals surface area contributed by atoms with E-state index in [1.54, 1.807) is 39.7 Å². The maximum Gasteiger partial charge on any atom is 0.410 e. The molecule has 0 fully saturated rings. The van der Waals surface area contributed by atoms with Crippen molar-refractivity contribution in [1.29, 1.82) is 0 Å². The lowest BCUT2D eigenvalue weighted by molar-refractivity contribution is -0.130. The van der Waals surface area contributed by atoms with Gasteiger partial charge in [-0.15, -0.1) is 0 Å². The minimum absolute atomic E-state index is 0.0680. The van der Waals surface area contributed by atoms with Crippen molar-refractivity contribution in [3.05, 3.63) is 64.1 Å². The molecule has 0 bridgehead atoms. The second kappa shape index (κ2) is 12.0. The number of benzene rings is 3. The van der Waals surface area contributed by atoms with Gasteiger partial charge in [0.15, 0.2) is 0 Å². The van der Waals surface area contributed by atoms with Crippen LogP contribution in [-0.4, -0.2) is 61.3 Å². The smallest absolute Gasteiger partial charge is 0.410 e. The molecule has 0 spiro atoms. The number of rotatable bonds is 6. The Morgan fingerprint density at radius 1 is 1.20 bits per heavy atom. The monoisotopic (exact) mass is 625 g/mol. The van der Waals surface area contributed by atoms with Gasteiger partial charge >= 0.3 is 6.09 Å². The van der Waals surface area contributed by atoms with Crippen molar-refractivity contribution in [2.75, 3.05) is 25.7 Å². The van der Waals surface area contributed by atoms with Crippen LogP contribution < -0.4 is 19.7 Å².